The molecule has 4 heteroatoms. The lowest BCUT2D eigenvalue weighted by molar-refractivity contribution is 1.14. The second kappa shape index (κ2) is 8.59. The normalized spacial score (nSPS) is 11.6. The molecule has 0 spiro atoms. The molecule has 2 aromatic heterocycles. The van der Waals surface area contributed by atoms with E-state index < -0.39 is 8.80 Å². The molecule has 0 atom stereocenters. The predicted octanol–water partition coefficient (Wildman–Crippen LogP) is 4.98. The largest absolute Gasteiger partial charge is 0.293 e. The summed E-state index contributed by atoms with van der Waals surface area (Å²) in [6, 6.07) is 47.5. The lowest BCUT2D eigenvalue weighted by Crippen LogP contribution is -2.51. The molecule has 0 fully saturated rings. The zero-order valence-electron chi connectivity index (χ0n) is 19.6. The summed E-state index contributed by atoms with van der Waals surface area (Å²) in [5.74, 6) is 0. The van der Waals surface area contributed by atoms with Gasteiger partial charge in [-0.1, -0.05) is 119 Å². The van der Waals surface area contributed by atoms with Gasteiger partial charge >= 0.3 is 0 Å². The van der Waals surface area contributed by atoms with Crippen molar-refractivity contribution in [2.24, 2.45) is 0 Å². The van der Waals surface area contributed by atoms with Gasteiger partial charge in [-0.25, -0.2) is 9.97 Å². The van der Waals surface area contributed by atoms with Crippen LogP contribution in [0.25, 0.3) is 38.8 Å². The summed E-state index contributed by atoms with van der Waals surface area (Å²) in [6.45, 7) is 0. The van der Waals surface area contributed by atoms with Crippen molar-refractivity contribution in [1.29, 1.82) is 0 Å². The van der Waals surface area contributed by atoms with Crippen LogP contribution < -0.4 is 15.6 Å². The van der Waals surface area contributed by atoms with Crippen LogP contribution in [0.4, 0.5) is 0 Å². The fourth-order valence-corrected chi connectivity index (χ4v) is 8.20. The second-order valence-corrected chi connectivity index (χ2v) is 11.9. The Kier molecular flexibility index (Phi) is 4.96. The van der Waals surface area contributed by atoms with E-state index in [-0.39, 0.29) is 0 Å². The summed E-state index contributed by atoms with van der Waals surface area (Å²) in [7, 11) is -1.58. The highest BCUT2D eigenvalue weighted by Gasteiger charge is 2.20. The molecular weight excluding hydrogens is 454 g/mol. The van der Waals surface area contributed by atoms with Crippen molar-refractivity contribution in [3.05, 3.63) is 133 Å². The number of para-hydroxylation sites is 3. The number of hydrogen-bond donors (Lipinski definition) is 0. The van der Waals surface area contributed by atoms with Gasteiger partial charge in [0.15, 0.2) is 5.65 Å². The number of hydrogen-bond acceptors (Lipinski definition) is 2. The monoisotopic (exact) mass is 477 g/mol. The van der Waals surface area contributed by atoms with Crippen LogP contribution in [-0.2, 0) is 0 Å². The minimum Gasteiger partial charge on any atom is -0.293 e. The predicted molar refractivity (Wildman–Crippen MR) is 153 cm³/mol. The van der Waals surface area contributed by atoms with Crippen LogP contribution in [0.3, 0.4) is 0 Å². The van der Waals surface area contributed by atoms with Crippen molar-refractivity contribution in [2.45, 2.75) is 0 Å². The molecular formula is C32H23N3Si. The van der Waals surface area contributed by atoms with Crippen molar-refractivity contribution in [2.75, 3.05) is 0 Å². The molecule has 0 amide bonds. The van der Waals surface area contributed by atoms with Gasteiger partial charge in [0.25, 0.3) is 0 Å². The van der Waals surface area contributed by atoms with Crippen LogP contribution in [0.2, 0.25) is 0 Å². The summed E-state index contributed by atoms with van der Waals surface area (Å²) in [5, 5.41) is 5.36. The summed E-state index contributed by atoms with van der Waals surface area (Å²) in [5.41, 5.74) is 5.88. The molecule has 0 radical (unpaired) electrons. The van der Waals surface area contributed by atoms with Crippen LogP contribution in [-0.4, -0.2) is 23.3 Å². The van der Waals surface area contributed by atoms with Crippen molar-refractivity contribution >= 4 is 57.5 Å². The molecule has 0 aliphatic rings. The van der Waals surface area contributed by atoms with Gasteiger partial charge in [-0.2, -0.15) is 0 Å². The van der Waals surface area contributed by atoms with Gasteiger partial charge in [0.05, 0.1) is 16.6 Å². The summed E-state index contributed by atoms with van der Waals surface area (Å²) < 4.78 is 2.25. The molecule has 7 rings (SSSR count). The van der Waals surface area contributed by atoms with Gasteiger partial charge in [-0.05, 0) is 30.3 Å². The van der Waals surface area contributed by atoms with Crippen LogP contribution in [0.1, 0.15) is 0 Å². The number of fused-ring (bicyclic) bond motifs is 4. The third kappa shape index (κ3) is 3.42. The fraction of sp³-hybridized carbons (Fsp3) is 0. The molecule has 0 bridgehead atoms. The molecule has 0 unspecified atom stereocenters. The van der Waals surface area contributed by atoms with Crippen LogP contribution >= 0.6 is 0 Å². The molecule has 5 aromatic carbocycles. The molecule has 0 N–H and O–H groups in total. The molecule has 3 nitrogen and oxygen atoms in total. The van der Waals surface area contributed by atoms with E-state index in [1.807, 2.05) is 24.3 Å². The number of nitrogens with zero attached hydrogens (tertiary/aromatic N) is 3. The topological polar surface area (TPSA) is 30.7 Å². The van der Waals surface area contributed by atoms with Gasteiger partial charge in [-0.15, -0.1) is 0 Å². The third-order valence-electron chi connectivity index (χ3n) is 6.91. The minimum atomic E-state index is -1.58. The highest BCUT2D eigenvalue weighted by molar-refractivity contribution is 6.95. The van der Waals surface area contributed by atoms with E-state index in [9.17, 15) is 0 Å². The summed E-state index contributed by atoms with van der Waals surface area (Å²) >= 11 is 0. The maximum atomic E-state index is 5.05. The van der Waals surface area contributed by atoms with Gasteiger partial charge in [0, 0.05) is 11.1 Å². The summed E-state index contributed by atoms with van der Waals surface area (Å²) in [4.78, 5) is 10.1. The third-order valence-corrected chi connectivity index (χ3v) is 10.1. The SMILES string of the molecule is c1ccc([SiH](c2ccccc2)c2ccc(-n3c4ccccc4c4nc5ccccc5nc43)cc2)cc1. The number of benzene rings is 5. The van der Waals surface area contributed by atoms with E-state index in [1.165, 1.54) is 15.6 Å². The maximum absolute atomic E-state index is 5.05. The second-order valence-electron chi connectivity index (χ2n) is 9.08. The molecule has 0 saturated carbocycles. The first-order chi connectivity index (χ1) is 17.9. The molecule has 2 heterocycles. The van der Waals surface area contributed by atoms with Crippen molar-refractivity contribution < 1.29 is 0 Å². The maximum Gasteiger partial charge on any atom is 0.165 e. The molecule has 0 aliphatic carbocycles. The Morgan fingerprint density at radius 3 is 1.67 bits per heavy atom. The van der Waals surface area contributed by atoms with Gasteiger partial charge < -0.3 is 0 Å². The van der Waals surface area contributed by atoms with E-state index >= 15 is 0 Å². The van der Waals surface area contributed by atoms with Crippen LogP contribution in [0, 0.1) is 0 Å². The molecule has 170 valence electrons. The summed E-state index contributed by atoms with van der Waals surface area (Å²) in [6.07, 6.45) is 0. The standard InChI is InChI=1S/C32H23N3Si/c1-3-11-24(12-4-1)36(25-13-5-2-6-14-25)26-21-19-23(20-22-26)35-30-18-10-7-15-27(30)31-32(35)34-29-17-9-8-16-28(29)33-31/h1-22,36H. The Labute approximate surface area is 210 Å². The molecule has 7 aromatic rings. The zero-order valence-corrected chi connectivity index (χ0v) is 20.8. The Morgan fingerprint density at radius 1 is 0.472 bits per heavy atom. The van der Waals surface area contributed by atoms with E-state index in [2.05, 4.69) is 114 Å². The van der Waals surface area contributed by atoms with Crippen LogP contribution in [0.5, 0.6) is 0 Å². The average Bonchev–Trinajstić information content (AvgIpc) is 3.27. The van der Waals surface area contributed by atoms with Crippen LogP contribution in [0.15, 0.2) is 133 Å². The smallest absolute Gasteiger partial charge is 0.165 e. The number of rotatable bonds is 4. The van der Waals surface area contributed by atoms with Gasteiger partial charge in [-0.3, -0.25) is 4.57 Å². The molecule has 0 aliphatic heterocycles. The first-order valence-electron chi connectivity index (χ1n) is 12.2. The first kappa shape index (κ1) is 20.8. The minimum absolute atomic E-state index is 0.891. The lowest BCUT2D eigenvalue weighted by Gasteiger charge is -2.18. The quantitative estimate of drug-likeness (QED) is 0.265. The Morgan fingerprint density at radius 2 is 1.00 bits per heavy atom. The zero-order chi connectivity index (χ0) is 23.9. The van der Waals surface area contributed by atoms with E-state index in [0.717, 1.165) is 38.8 Å². The Hall–Kier alpha value is -4.54. The average molecular weight is 478 g/mol. The lowest BCUT2D eigenvalue weighted by atomic mass is 10.2. The van der Waals surface area contributed by atoms with E-state index in [0.29, 0.717) is 0 Å². The van der Waals surface area contributed by atoms with Crippen molar-refractivity contribution in [3.63, 3.8) is 0 Å². The van der Waals surface area contributed by atoms with Crippen molar-refractivity contribution in [3.8, 4) is 5.69 Å². The first-order valence-corrected chi connectivity index (χ1v) is 14.0. The Bertz CT molecular complexity index is 1790. The number of aromatic nitrogens is 3. The Balaban J connectivity index is 1.41. The fourth-order valence-electron chi connectivity index (χ4n) is 5.26. The molecule has 36 heavy (non-hydrogen) atoms. The van der Waals surface area contributed by atoms with Gasteiger partial charge in [0.2, 0.25) is 0 Å². The van der Waals surface area contributed by atoms with Crippen molar-refractivity contribution in [1.82, 2.24) is 14.5 Å². The highest BCUT2D eigenvalue weighted by Crippen LogP contribution is 2.30. The molecule has 0 saturated heterocycles. The van der Waals surface area contributed by atoms with E-state index in [4.69, 9.17) is 9.97 Å². The van der Waals surface area contributed by atoms with Gasteiger partial charge in [0.1, 0.15) is 14.3 Å². The highest BCUT2D eigenvalue weighted by atomic mass is 28.3. The van der Waals surface area contributed by atoms with E-state index in [1.54, 1.807) is 0 Å².